The Morgan fingerprint density at radius 1 is 1.00 bits per heavy atom. The zero-order valence-electron chi connectivity index (χ0n) is 17.2. The second-order valence-electron chi connectivity index (χ2n) is 8.45. The number of imide groups is 1. The van der Waals surface area contributed by atoms with Gasteiger partial charge in [0.2, 0.25) is 17.7 Å². The third kappa shape index (κ3) is 3.32. The van der Waals surface area contributed by atoms with Crippen molar-refractivity contribution >= 4 is 23.4 Å². The molecule has 5 rings (SSSR count). The second-order valence-corrected chi connectivity index (χ2v) is 8.45. The highest BCUT2D eigenvalue weighted by molar-refractivity contribution is 6.07. The number of nitrogens with zero attached hydrogens (tertiary/aromatic N) is 1. The lowest BCUT2D eigenvalue weighted by Gasteiger charge is -2.28. The van der Waals surface area contributed by atoms with Gasteiger partial charge >= 0.3 is 0 Å². The molecule has 31 heavy (non-hydrogen) atoms. The van der Waals surface area contributed by atoms with E-state index in [1.54, 1.807) is 31.4 Å². The van der Waals surface area contributed by atoms with Crippen LogP contribution in [0.15, 0.2) is 66.7 Å². The number of nitrogens with one attached hydrogen (secondary N) is 1. The molecule has 1 aliphatic heterocycles. The first kappa shape index (κ1) is 19.5. The van der Waals surface area contributed by atoms with Crippen LogP contribution in [0.4, 0.5) is 5.69 Å². The highest BCUT2D eigenvalue weighted by atomic mass is 16.5. The Hall–Kier alpha value is -3.41. The number of allylic oxidation sites excluding steroid dienone is 2. The van der Waals surface area contributed by atoms with Crippen molar-refractivity contribution in [2.45, 2.75) is 18.9 Å². The highest BCUT2D eigenvalue weighted by Crippen LogP contribution is 2.54. The second kappa shape index (κ2) is 7.69. The molecule has 6 nitrogen and oxygen atoms in total. The Bertz CT molecular complexity index is 1020. The summed E-state index contributed by atoms with van der Waals surface area (Å²) in [5.41, 5.74) is 1.42. The zero-order chi connectivity index (χ0) is 21.5. The molecular formula is C25H24N2O4. The fourth-order valence-electron chi connectivity index (χ4n) is 5.33. The number of likely N-dealkylation sites (tertiary alicyclic amines) is 1. The molecule has 1 heterocycles. The van der Waals surface area contributed by atoms with Crippen molar-refractivity contribution < 1.29 is 19.1 Å². The van der Waals surface area contributed by atoms with E-state index in [-0.39, 0.29) is 47.8 Å². The van der Waals surface area contributed by atoms with Crippen molar-refractivity contribution in [2.75, 3.05) is 12.4 Å². The van der Waals surface area contributed by atoms with Crippen molar-refractivity contribution in [3.63, 3.8) is 0 Å². The molecule has 2 aromatic rings. The summed E-state index contributed by atoms with van der Waals surface area (Å²) in [5, 5.41) is 2.87. The molecule has 1 N–H and O–H groups in total. The van der Waals surface area contributed by atoms with Crippen LogP contribution in [-0.2, 0) is 14.4 Å². The van der Waals surface area contributed by atoms with Crippen LogP contribution in [0.3, 0.4) is 0 Å². The van der Waals surface area contributed by atoms with Crippen molar-refractivity contribution in [1.82, 2.24) is 4.90 Å². The van der Waals surface area contributed by atoms with Crippen LogP contribution in [-0.4, -0.2) is 29.7 Å². The molecule has 3 aliphatic rings. The lowest BCUT2D eigenvalue weighted by molar-refractivity contribution is -0.144. The number of methoxy groups -OCH3 is 1. The lowest BCUT2D eigenvalue weighted by atomic mass is 9.85. The summed E-state index contributed by atoms with van der Waals surface area (Å²) in [6, 6.07) is 15.8. The maximum Gasteiger partial charge on any atom is 0.234 e. The van der Waals surface area contributed by atoms with Crippen LogP contribution in [0.2, 0.25) is 0 Å². The van der Waals surface area contributed by atoms with Gasteiger partial charge in [0.25, 0.3) is 0 Å². The van der Waals surface area contributed by atoms with Crippen LogP contribution < -0.4 is 10.1 Å². The molecule has 158 valence electrons. The number of carbonyl (C=O) groups is 3. The Morgan fingerprint density at radius 2 is 1.61 bits per heavy atom. The summed E-state index contributed by atoms with van der Waals surface area (Å²) >= 11 is 0. The Labute approximate surface area is 180 Å². The number of fused-ring (bicyclic) bond motifs is 5. The van der Waals surface area contributed by atoms with Crippen LogP contribution in [0.25, 0.3) is 0 Å². The summed E-state index contributed by atoms with van der Waals surface area (Å²) in [7, 11) is 1.58. The summed E-state index contributed by atoms with van der Waals surface area (Å²) in [6.45, 7) is 0. The summed E-state index contributed by atoms with van der Waals surface area (Å²) < 4.78 is 5.15. The quantitative estimate of drug-likeness (QED) is 0.577. The largest absolute Gasteiger partial charge is 0.497 e. The minimum absolute atomic E-state index is 0.00965. The van der Waals surface area contributed by atoms with Gasteiger partial charge in [-0.25, -0.2) is 0 Å². The van der Waals surface area contributed by atoms with Gasteiger partial charge in [-0.1, -0.05) is 42.5 Å². The molecule has 6 heteroatoms. The molecule has 0 aromatic heterocycles. The summed E-state index contributed by atoms with van der Waals surface area (Å²) in [5.74, 6) is -0.115. The van der Waals surface area contributed by atoms with E-state index in [0.29, 0.717) is 11.4 Å². The molecule has 2 fully saturated rings. The first-order valence-electron chi connectivity index (χ1n) is 10.6. The fraction of sp³-hybridized carbons (Fsp3) is 0.320. The molecule has 0 spiro atoms. The number of ether oxygens (including phenoxy) is 1. The minimum atomic E-state index is -0.621. The van der Waals surface area contributed by atoms with E-state index >= 15 is 0 Å². The number of rotatable bonds is 6. The number of carbonyl (C=O) groups excluding carboxylic acids is 3. The van der Waals surface area contributed by atoms with Gasteiger partial charge in [-0.15, -0.1) is 0 Å². The molecule has 2 bridgehead atoms. The van der Waals surface area contributed by atoms with Gasteiger partial charge in [0.1, 0.15) is 5.75 Å². The maximum atomic E-state index is 13.3. The average Bonchev–Trinajstić information content (AvgIpc) is 3.47. The standard InChI is InChI=1S/C25H24N2O4/c1-31-19-11-9-18(10-12-19)26-21(28)14-20(15-5-3-2-4-6-15)27-24(29)22-16-7-8-17(13-16)23(22)25(27)30/h2-12,16-17,20,22-23H,13-14H2,1H3,(H,26,28). The smallest absolute Gasteiger partial charge is 0.234 e. The normalized spacial score (nSPS) is 26.8. The Morgan fingerprint density at radius 3 is 2.19 bits per heavy atom. The van der Waals surface area contributed by atoms with Crippen LogP contribution in [0.1, 0.15) is 24.4 Å². The van der Waals surface area contributed by atoms with E-state index in [1.807, 2.05) is 30.3 Å². The third-order valence-electron chi connectivity index (χ3n) is 6.75. The molecular weight excluding hydrogens is 392 g/mol. The molecule has 5 atom stereocenters. The number of benzene rings is 2. The average molecular weight is 416 g/mol. The van der Waals surface area contributed by atoms with Gasteiger partial charge in [-0.05, 0) is 48.1 Å². The summed E-state index contributed by atoms with van der Waals surface area (Å²) in [4.78, 5) is 40.9. The maximum absolute atomic E-state index is 13.3. The van der Waals surface area contributed by atoms with E-state index < -0.39 is 6.04 Å². The van der Waals surface area contributed by atoms with Gasteiger partial charge in [-0.3, -0.25) is 19.3 Å². The molecule has 2 aromatic carbocycles. The van der Waals surface area contributed by atoms with Gasteiger partial charge in [0.05, 0.1) is 31.4 Å². The summed E-state index contributed by atoms with van der Waals surface area (Å²) in [6.07, 6.45) is 5.05. The molecule has 0 radical (unpaired) electrons. The van der Waals surface area contributed by atoms with Gasteiger partial charge in [-0.2, -0.15) is 0 Å². The van der Waals surface area contributed by atoms with E-state index in [1.165, 1.54) is 4.90 Å². The lowest BCUT2D eigenvalue weighted by Crippen LogP contribution is -2.38. The van der Waals surface area contributed by atoms with Crippen LogP contribution >= 0.6 is 0 Å². The zero-order valence-corrected chi connectivity index (χ0v) is 17.2. The predicted octanol–water partition coefficient (Wildman–Crippen LogP) is 3.57. The molecule has 5 unspecified atom stereocenters. The van der Waals surface area contributed by atoms with Crippen molar-refractivity contribution in [2.24, 2.45) is 23.7 Å². The number of hydrogen-bond acceptors (Lipinski definition) is 4. The van der Waals surface area contributed by atoms with E-state index in [0.717, 1.165) is 12.0 Å². The van der Waals surface area contributed by atoms with Crippen LogP contribution in [0, 0.1) is 23.7 Å². The molecule has 1 saturated heterocycles. The predicted molar refractivity (Wildman–Crippen MR) is 115 cm³/mol. The first-order chi connectivity index (χ1) is 15.1. The van der Waals surface area contributed by atoms with E-state index in [2.05, 4.69) is 17.5 Å². The molecule has 3 amide bonds. The first-order valence-corrected chi connectivity index (χ1v) is 10.6. The SMILES string of the molecule is COc1ccc(NC(=O)CC(c2ccccc2)N2C(=O)C3C4C=CC(C4)C3C2=O)cc1. The molecule has 1 saturated carbocycles. The monoisotopic (exact) mass is 416 g/mol. The third-order valence-corrected chi connectivity index (χ3v) is 6.75. The van der Waals surface area contributed by atoms with E-state index in [9.17, 15) is 14.4 Å². The van der Waals surface area contributed by atoms with Crippen LogP contribution in [0.5, 0.6) is 5.75 Å². The van der Waals surface area contributed by atoms with Gasteiger partial charge in [0.15, 0.2) is 0 Å². The van der Waals surface area contributed by atoms with E-state index in [4.69, 9.17) is 4.74 Å². The number of anilines is 1. The topological polar surface area (TPSA) is 75.7 Å². The molecule has 2 aliphatic carbocycles. The number of hydrogen-bond donors (Lipinski definition) is 1. The fourth-order valence-corrected chi connectivity index (χ4v) is 5.33. The van der Waals surface area contributed by atoms with Gasteiger partial charge in [0, 0.05) is 5.69 Å². The van der Waals surface area contributed by atoms with Crippen molar-refractivity contribution in [1.29, 1.82) is 0 Å². The number of amides is 3. The Balaban J connectivity index is 1.40. The highest BCUT2D eigenvalue weighted by Gasteiger charge is 2.60. The van der Waals surface area contributed by atoms with Gasteiger partial charge < -0.3 is 10.1 Å². The Kier molecular flexibility index (Phi) is 4.85. The van der Waals surface area contributed by atoms with Crippen molar-refractivity contribution in [3.8, 4) is 5.75 Å². The van der Waals surface area contributed by atoms with Crippen molar-refractivity contribution in [3.05, 3.63) is 72.3 Å². The minimum Gasteiger partial charge on any atom is -0.497 e.